The van der Waals surface area contributed by atoms with E-state index in [0.29, 0.717) is 11.7 Å². The summed E-state index contributed by atoms with van der Waals surface area (Å²) < 4.78 is 5.59. The van der Waals surface area contributed by atoms with Gasteiger partial charge in [0.15, 0.2) is 0 Å². The van der Waals surface area contributed by atoms with Crippen molar-refractivity contribution in [2.75, 3.05) is 6.54 Å². The van der Waals surface area contributed by atoms with E-state index in [1.165, 1.54) is 18.4 Å². The number of hydrogen-bond acceptors (Lipinski definition) is 4. The summed E-state index contributed by atoms with van der Waals surface area (Å²) in [5.41, 5.74) is 2.12. The summed E-state index contributed by atoms with van der Waals surface area (Å²) in [4.78, 5) is 19.6. The molecule has 0 unspecified atom stereocenters. The molecule has 1 saturated carbocycles. The fourth-order valence-electron chi connectivity index (χ4n) is 4.13. The Labute approximate surface area is 148 Å². The standard InChI is InChI=1S/C20H25N3O2/c1-14-7-6-10-16(13-14)18-21-19(25-22-18)17-11-4-5-12-23(17)20(24)15-8-2-3-9-15/h6-7,10,13,15,17H,2-5,8-9,11-12H2,1H3/t17-/m0/s1. The van der Waals surface area contributed by atoms with E-state index < -0.39 is 0 Å². The second kappa shape index (κ2) is 6.98. The van der Waals surface area contributed by atoms with E-state index in [4.69, 9.17) is 4.52 Å². The van der Waals surface area contributed by atoms with Gasteiger partial charge in [0.1, 0.15) is 6.04 Å². The molecule has 1 atom stereocenters. The van der Waals surface area contributed by atoms with Crippen molar-refractivity contribution >= 4 is 5.91 Å². The lowest BCUT2D eigenvalue weighted by Gasteiger charge is -2.35. The third kappa shape index (κ3) is 3.32. The number of amides is 1. The quantitative estimate of drug-likeness (QED) is 0.837. The summed E-state index contributed by atoms with van der Waals surface area (Å²) in [6.45, 7) is 2.86. The minimum atomic E-state index is -0.0621. The van der Waals surface area contributed by atoms with Crippen LogP contribution in [0.15, 0.2) is 28.8 Å². The minimum Gasteiger partial charge on any atom is -0.337 e. The Morgan fingerprint density at radius 2 is 1.96 bits per heavy atom. The topological polar surface area (TPSA) is 59.2 Å². The van der Waals surface area contributed by atoms with Gasteiger partial charge in [-0.25, -0.2) is 0 Å². The fraction of sp³-hybridized carbons (Fsp3) is 0.550. The second-order valence-corrected chi connectivity index (χ2v) is 7.35. The minimum absolute atomic E-state index is 0.0621. The molecule has 2 aromatic rings. The highest BCUT2D eigenvalue weighted by Gasteiger charge is 2.36. The summed E-state index contributed by atoms with van der Waals surface area (Å²) in [6.07, 6.45) is 7.48. The smallest absolute Gasteiger partial charge is 0.249 e. The molecule has 2 fully saturated rings. The molecule has 1 aromatic carbocycles. The Bertz CT molecular complexity index is 749. The molecule has 5 nitrogen and oxygen atoms in total. The molecule has 1 aliphatic carbocycles. The van der Waals surface area contributed by atoms with Crippen LogP contribution in [0, 0.1) is 12.8 Å². The Morgan fingerprint density at radius 1 is 1.16 bits per heavy atom. The van der Waals surface area contributed by atoms with Crippen LogP contribution in [0.4, 0.5) is 0 Å². The third-order valence-electron chi connectivity index (χ3n) is 5.49. The van der Waals surface area contributed by atoms with Crippen LogP contribution in [-0.4, -0.2) is 27.5 Å². The molecule has 5 heteroatoms. The normalized spacial score (nSPS) is 21.6. The maximum atomic E-state index is 12.9. The number of piperidine rings is 1. The van der Waals surface area contributed by atoms with Crippen LogP contribution < -0.4 is 0 Å². The van der Waals surface area contributed by atoms with Gasteiger partial charge in [0.2, 0.25) is 17.6 Å². The van der Waals surface area contributed by atoms with Crippen LogP contribution in [-0.2, 0) is 4.79 Å². The van der Waals surface area contributed by atoms with Gasteiger partial charge in [0.25, 0.3) is 0 Å². The predicted octanol–water partition coefficient (Wildman–Crippen LogP) is 4.29. The monoisotopic (exact) mass is 339 g/mol. The molecular formula is C20H25N3O2. The number of likely N-dealkylation sites (tertiary alicyclic amines) is 1. The molecular weight excluding hydrogens is 314 g/mol. The first kappa shape index (κ1) is 16.3. The molecule has 1 amide bonds. The zero-order valence-corrected chi connectivity index (χ0v) is 14.8. The predicted molar refractivity (Wildman–Crippen MR) is 94.7 cm³/mol. The van der Waals surface area contributed by atoms with Crippen molar-refractivity contribution in [3.05, 3.63) is 35.7 Å². The highest BCUT2D eigenvalue weighted by Crippen LogP contribution is 2.35. The zero-order chi connectivity index (χ0) is 17.2. The van der Waals surface area contributed by atoms with E-state index in [1.54, 1.807) is 0 Å². The van der Waals surface area contributed by atoms with Gasteiger partial charge in [-0.2, -0.15) is 4.98 Å². The van der Waals surface area contributed by atoms with Gasteiger partial charge in [0, 0.05) is 18.0 Å². The Morgan fingerprint density at radius 3 is 2.76 bits per heavy atom. The van der Waals surface area contributed by atoms with Crippen molar-refractivity contribution in [1.82, 2.24) is 15.0 Å². The van der Waals surface area contributed by atoms with Crippen molar-refractivity contribution in [1.29, 1.82) is 0 Å². The first-order chi connectivity index (χ1) is 12.2. The van der Waals surface area contributed by atoms with E-state index in [9.17, 15) is 4.79 Å². The number of benzene rings is 1. The molecule has 0 radical (unpaired) electrons. The highest BCUT2D eigenvalue weighted by molar-refractivity contribution is 5.79. The van der Waals surface area contributed by atoms with Crippen LogP contribution in [0.25, 0.3) is 11.4 Å². The van der Waals surface area contributed by atoms with Crippen molar-refractivity contribution in [3.63, 3.8) is 0 Å². The first-order valence-electron chi connectivity index (χ1n) is 9.43. The SMILES string of the molecule is Cc1cccc(-c2noc([C@@H]3CCCCN3C(=O)C3CCCC3)n2)c1. The number of carbonyl (C=O) groups excluding carboxylic acids is 1. The highest BCUT2D eigenvalue weighted by atomic mass is 16.5. The van der Waals surface area contributed by atoms with Gasteiger partial charge in [-0.15, -0.1) is 0 Å². The van der Waals surface area contributed by atoms with Crippen molar-refractivity contribution in [2.45, 2.75) is 57.9 Å². The third-order valence-corrected chi connectivity index (χ3v) is 5.49. The molecule has 2 aliphatic rings. The molecule has 1 aromatic heterocycles. The number of carbonyl (C=O) groups is 1. The summed E-state index contributed by atoms with van der Waals surface area (Å²) >= 11 is 0. The zero-order valence-electron chi connectivity index (χ0n) is 14.8. The summed E-state index contributed by atoms with van der Waals surface area (Å²) in [7, 11) is 0. The van der Waals surface area contributed by atoms with Crippen molar-refractivity contribution < 1.29 is 9.32 Å². The van der Waals surface area contributed by atoms with Crippen LogP contribution in [0.2, 0.25) is 0 Å². The largest absolute Gasteiger partial charge is 0.337 e. The number of aryl methyl sites for hydroxylation is 1. The number of hydrogen-bond donors (Lipinski definition) is 0. The second-order valence-electron chi connectivity index (χ2n) is 7.35. The molecule has 132 valence electrons. The average Bonchev–Trinajstić information content (AvgIpc) is 3.33. The molecule has 2 heterocycles. The summed E-state index contributed by atoms with van der Waals surface area (Å²) in [5.74, 6) is 1.68. The molecule has 1 saturated heterocycles. The van der Waals surface area contributed by atoms with E-state index in [2.05, 4.69) is 16.2 Å². The Kier molecular flexibility index (Phi) is 4.55. The van der Waals surface area contributed by atoms with Crippen LogP contribution in [0.1, 0.15) is 62.4 Å². The molecule has 4 rings (SSSR count). The Hall–Kier alpha value is -2.17. The van der Waals surface area contributed by atoms with Gasteiger partial charge in [-0.1, -0.05) is 41.8 Å². The summed E-state index contributed by atoms with van der Waals surface area (Å²) in [6, 6.07) is 8.03. The van der Waals surface area contributed by atoms with E-state index in [-0.39, 0.29) is 17.9 Å². The molecule has 1 aliphatic heterocycles. The maximum Gasteiger partial charge on any atom is 0.249 e. The molecule has 25 heavy (non-hydrogen) atoms. The first-order valence-corrected chi connectivity index (χ1v) is 9.43. The van der Waals surface area contributed by atoms with Gasteiger partial charge in [-0.3, -0.25) is 4.79 Å². The lowest BCUT2D eigenvalue weighted by Crippen LogP contribution is -2.41. The van der Waals surface area contributed by atoms with Crippen molar-refractivity contribution in [3.8, 4) is 11.4 Å². The maximum absolute atomic E-state index is 12.9. The molecule has 0 bridgehead atoms. The van der Waals surface area contributed by atoms with E-state index in [0.717, 1.165) is 44.2 Å². The van der Waals surface area contributed by atoms with E-state index >= 15 is 0 Å². The van der Waals surface area contributed by atoms with E-state index in [1.807, 2.05) is 30.0 Å². The van der Waals surface area contributed by atoms with Crippen LogP contribution in [0.5, 0.6) is 0 Å². The molecule has 0 N–H and O–H groups in total. The number of rotatable bonds is 3. The molecule has 0 spiro atoms. The van der Waals surface area contributed by atoms with Gasteiger partial charge < -0.3 is 9.42 Å². The number of aromatic nitrogens is 2. The summed E-state index contributed by atoms with van der Waals surface area (Å²) in [5, 5.41) is 4.17. The Balaban J connectivity index is 1.57. The van der Waals surface area contributed by atoms with Crippen molar-refractivity contribution in [2.24, 2.45) is 5.92 Å². The van der Waals surface area contributed by atoms with Gasteiger partial charge in [-0.05, 0) is 45.1 Å². The van der Waals surface area contributed by atoms with Gasteiger partial charge >= 0.3 is 0 Å². The van der Waals surface area contributed by atoms with Crippen LogP contribution >= 0.6 is 0 Å². The lowest BCUT2D eigenvalue weighted by molar-refractivity contribution is -0.140. The van der Waals surface area contributed by atoms with Gasteiger partial charge in [0.05, 0.1) is 0 Å². The van der Waals surface area contributed by atoms with Crippen LogP contribution in [0.3, 0.4) is 0 Å². The number of nitrogens with zero attached hydrogens (tertiary/aromatic N) is 3. The lowest BCUT2D eigenvalue weighted by atomic mass is 9.98. The average molecular weight is 339 g/mol. The fourth-order valence-corrected chi connectivity index (χ4v) is 4.13.